The lowest BCUT2D eigenvalue weighted by Gasteiger charge is -2.20. The Labute approximate surface area is 99.4 Å². The Balaban J connectivity index is 1.71. The third kappa shape index (κ3) is 3.22. The topological polar surface area (TPSA) is 35.8 Å². The molecule has 2 aliphatic carbocycles. The number of rotatable bonds is 3. The Morgan fingerprint density at radius 1 is 0.938 bits per heavy atom. The molecule has 0 amide bonds. The summed E-state index contributed by atoms with van der Waals surface area (Å²) in [6.45, 7) is 1.16. The zero-order chi connectivity index (χ0) is 11.2. The third-order valence-corrected chi connectivity index (χ3v) is 4.33. The summed E-state index contributed by atoms with van der Waals surface area (Å²) in [6, 6.07) is 2.95. The lowest BCUT2D eigenvalue weighted by molar-refractivity contribution is 0.373. The molecule has 2 atom stereocenters. The van der Waals surface area contributed by atoms with Gasteiger partial charge in [0, 0.05) is 6.04 Å². The standard InChI is InChI=1S/C14H24N2/c15-10-13-8-5-9-14(13)16-11-12-6-3-1-2-4-7-12/h12-14,16H,1-9,11H2. The first-order valence-corrected chi connectivity index (χ1v) is 7.03. The fourth-order valence-corrected chi connectivity index (χ4v) is 3.24. The van der Waals surface area contributed by atoms with E-state index < -0.39 is 0 Å². The van der Waals surface area contributed by atoms with E-state index in [1.165, 1.54) is 51.4 Å². The van der Waals surface area contributed by atoms with Crippen LogP contribution in [-0.2, 0) is 0 Å². The molecule has 2 fully saturated rings. The molecule has 2 unspecified atom stereocenters. The van der Waals surface area contributed by atoms with Crippen LogP contribution in [0.4, 0.5) is 0 Å². The summed E-state index contributed by atoms with van der Waals surface area (Å²) in [5.41, 5.74) is 0. The van der Waals surface area contributed by atoms with Gasteiger partial charge in [0.15, 0.2) is 0 Å². The molecule has 0 aromatic rings. The van der Waals surface area contributed by atoms with Gasteiger partial charge in [-0.1, -0.05) is 32.1 Å². The maximum atomic E-state index is 9.03. The molecule has 90 valence electrons. The fraction of sp³-hybridized carbons (Fsp3) is 0.929. The highest BCUT2D eigenvalue weighted by atomic mass is 14.9. The molecular weight excluding hydrogens is 196 g/mol. The van der Waals surface area contributed by atoms with Crippen molar-refractivity contribution in [2.45, 2.75) is 63.8 Å². The molecule has 0 spiro atoms. The summed E-state index contributed by atoms with van der Waals surface area (Å²) < 4.78 is 0. The molecule has 0 radical (unpaired) electrons. The van der Waals surface area contributed by atoms with Crippen LogP contribution in [0.2, 0.25) is 0 Å². The van der Waals surface area contributed by atoms with Gasteiger partial charge in [-0.05, 0) is 38.1 Å². The van der Waals surface area contributed by atoms with Crippen molar-refractivity contribution in [2.24, 2.45) is 11.8 Å². The molecule has 0 bridgehead atoms. The molecule has 2 nitrogen and oxygen atoms in total. The second-order valence-electron chi connectivity index (χ2n) is 5.54. The van der Waals surface area contributed by atoms with Crippen LogP contribution in [0.3, 0.4) is 0 Å². The zero-order valence-electron chi connectivity index (χ0n) is 10.3. The summed E-state index contributed by atoms with van der Waals surface area (Å²) >= 11 is 0. The zero-order valence-corrected chi connectivity index (χ0v) is 10.3. The van der Waals surface area contributed by atoms with Crippen LogP contribution in [0.15, 0.2) is 0 Å². The van der Waals surface area contributed by atoms with Gasteiger partial charge in [0.2, 0.25) is 0 Å². The average Bonchev–Trinajstić information content (AvgIpc) is 2.60. The monoisotopic (exact) mass is 220 g/mol. The molecule has 1 N–H and O–H groups in total. The Kier molecular flexibility index (Phi) is 4.66. The lowest BCUT2D eigenvalue weighted by atomic mass is 9.99. The van der Waals surface area contributed by atoms with E-state index in [-0.39, 0.29) is 5.92 Å². The highest BCUT2D eigenvalue weighted by Crippen LogP contribution is 2.26. The van der Waals surface area contributed by atoms with Gasteiger partial charge >= 0.3 is 0 Å². The molecule has 0 heterocycles. The van der Waals surface area contributed by atoms with Gasteiger partial charge in [-0.3, -0.25) is 0 Å². The van der Waals surface area contributed by atoms with E-state index in [0.717, 1.165) is 18.9 Å². The van der Waals surface area contributed by atoms with Crippen molar-refractivity contribution in [3.05, 3.63) is 0 Å². The smallest absolute Gasteiger partial charge is 0.0672 e. The van der Waals surface area contributed by atoms with Crippen molar-refractivity contribution in [2.75, 3.05) is 6.54 Å². The predicted molar refractivity (Wildman–Crippen MR) is 65.9 cm³/mol. The van der Waals surface area contributed by atoms with Crippen LogP contribution in [0.25, 0.3) is 0 Å². The van der Waals surface area contributed by atoms with Crippen molar-refractivity contribution in [3.63, 3.8) is 0 Å². The Bertz CT molecular complexity index is 236. The molecule has 2 aliphatic rings. The number of hydrogen-bond donors (Lipinski definition) is 1. The van der Waals surface area contributed by atoms with Gasteiger partial charge in [0.05, 0.1) is 12.0 Å². The molecular formula is C14H24N2. The van der Waals surface area contributed by atoms with Crippen molar-refractivity contribution in [1.82, 2.24) is 5.32 Å². The van der Waals surface area contributed by atoms with E-state index in [4.69, 9.17) is 5.26 Å². The van der Waals surface area contributed by atoms with Gasteiger partial charge in [0.1, 0.15) is 0 Å². The van der Waals surface area contributed by atoms with Crippen molar-refractivity contribution in [1.29, 1.82) is 5.26 Å². The van der Waals surface area contributed by atoms with Crippen LogP contribution in [0.5, 0.6) is 0 Å². The minimum absolute atomic E-state index is 0.283. The van der Waals surface area contributed by atoms with Crippen LogP contribution >= 0.6 is 0 Å². The van der Waals surface area contributed by atoms with Crippen LogP contribution in [-0.4, -0.2) is 12.6 Å². The highest BCUT2D eigenvalue weighted by molar-refractivity contribution is 4.96. The number of nitriles is 1. The first-order chi connectivity index (χ1) is 7.90. The summed E-state index contributed by atoms with van der Waals surface area (Å²) in [7, 11) is 0. The van der Waals surface area contributed by atoms with Gasteiger partial charge in [0.25, 0.3) is 0 Å². The van der Waals surface area contributed by atoms with E-state index in [2.05, 4.69) is 11.4 Å². The Morgan fingerprint density at radius 2 is 1.69 bits per heavy atom. The number of nitrogens with one attached hydrogen (secondary N) is 1. The Hall–Kier alpha value is -0.550. The molecule has 2 heteroatoms. The average molecular weight is 220 g/mol. The van der Waals surface area contributed by atoms with Crippen molar-refractivity contribution in [3.8, 4) is 6.07 Å². The Morgan fingerprint density at radius 3 is 2.38 bits per heavy atom. The summed E-state index contributed by atoms with van der Waals surface area (Å²) in [5, 5.41) is 12.7. The van der Waals surface area contributed by atoms with Gasteiger partial charge in [-0.25, -0.2) is 0 Å². The maximum Gasteiger partial charge on any atom is 0.0672 e. The minimum atomic E-state index is 0.283. The molecule has 0 saturated heterocycles. The lowest BCUT2D eigenvalue weighted by Crippen LogP contribution is -2.35. The first kappa shape index (κ1) is 11.9. The normalized spacial score (nSPS) is 32.2. The number of hydrogen-bond acceptors (Lipinski definition) is 2. The van der Waals surface area contributed by atoms with Crippen molar-refractivity contribution >= 4 is 0 Å². The summed E-state index contributed by atoms with van der Waals surface area (Å²) in [6.07, 6.45) is 12.1. The molecule has 2 saturated carbocycles. The minimum Gasteiger partial charge on any atom is -0.312 e. The molecule has 0 aromatic carbocycles. The highest BCUT2D eigenvalue weighted by Gasteiger charge is 2.27. The second kappa shape index (κ2) is 6.25. The van der Waals surface area contributed by atoms with E-state index >= 15 is 0 Å². The van der Waals surface area contributed by atoms with Crippen LogP contribution in [0, 0.1) is 23.2 Å². The summed E-state index contributed by atoms with van der Waals surface area (Å²) in [4.78, 5) is 0. The SMILES string of the molecule is N#CC1CCCC1NCC1CCCCCC1. The van der Waals surface area contributed by atoms with Gasteiger partial charge < -0.3 is 5.32 Å². The third-order valence-electron chi connectivity index (χ3n) is 4.33. The quantitative estimate of drug-likeness (QED) is 0.741. The first-order valence-electron chi connectivity index (χ1n) is 7.03. The molecule has 2 rings (SSSR count). The van der Waals surface area contributed by atoms with E-state index in [1.54, 1.807) is 0 Å². The van der Waals surface area contributed by atoms with Gasteiger partial charge in [-0.2, -0.15) is 5.26 Å². The molecule has 0 aliphatic heterocycles. The number of nitrogens with zero attached hydrogens (tertiary/aromatic N) is 1. The van der Waals surface area contributed by atoms with Crippen molar-refractivity contribution < 1.29 is 0 Å². The van der Waals surface area contributed by atoms with Crippen LogP contribution < -0.4 is 5.32 Å². The van der Waals surface area contributed by atoms with E-state index in [1.807, 2.05) is 0 Å². The maximum absolute atomic E-state index is 9.03. The van der Waals surface area contributed by atoms with E-state index in [9.17, 15) is 0 Å². The largest absolute Gasteiger partial charge is 0.312 e. The summed E-state index contributed by atoms with van der Waals surface area (Å²) in [5.74, 6) is 1.16. The second-order valence-corrected chi connectivity index (χ2v) is 5.54. The van der Waals surface area contributed by atoms with Gasteiger partial charge in [-0.15, -0.1) is 0 Å². The molecule has 16 heavy (non-hydrogen) atoms. The van der Waals surface area contributed by atoms with Crippen LogP contribution in [0.1, 0.15) is 57.8 Å². The predicted octanol–water partition coefficient (Wildman–Crippen LogP) is 3.24. The fourth-order valence-electron chi connectivity index (χ4n) is 3.24. The van der Waals surface area contributed by atoms with E-state index in [0.29, 0.717) is 6.04 Å². The molecule has 0 aromatic heterocycles.